The van der Waals surface area contributed by atoms with Gasteiger partial charge in [0.2, 0.25) is 0 Å². The van der Waals surface area contributed by atoms with E-state index in [9.17, 15) is 4.39 Å². The molecule has 0 spiro atoms. The standard InChI is InChI=1S/C18H19ClFN/c1-12(13-6-8-15(19)9-7-13)21-16-10-14(11-16)17-4-2-3-5-18(17)20/h2-9,12,14,16,21H,10-11H2,1H3/t12-,14?,16?/m1/s1. The van der Waals surface area contributed by atoms with Gasteiger partial charge in [0.1, 0.15) is 5.82 Å². The van der Waals surface area contributed by atoms with Crippen molar-refractivity contribution in [3.05, 3.63) is 70.5 Å². The van der Waals surface area contributed by atoms with E-state index >= 15 is 0 Å². The molecule has 110 valence electrons. The van der Waals surface area contributed by atoms with Crippen LogP contribution in [0.1, 0.15) is 42.9 Å². The predicted octanol–water partition coefficient (Wildman–Crippen LogP) is 5.08. The largest absolute Gasteiger partial charge is 0.307 e. The number of halogens is 2. The zero-order chi connectivity index (χ0) is 14.8. The lowest BCUT2D eigenvalue weighted by Crippen LogP contribution is -2.41. The van der Waals surface area contributed by atoms with E-state index in [1.165, 1.54) is 5.56 Å². The minimum absolute atomic E-state index is 0.0771. The molecule has 3 rings (SSSR count). The molecule has 0 aliphatic heterocycles. The molecule has 21 heavy (non-hydrogen) atoms. The first-order valence-electron chi connectivity index (χ1n) is 7.39. The van der Waals surface area contributed by atoms with Crippen LogP contribution in [0.4, 0.5) is 4.39 Å². The Bertz CT molecular complexity index is 605. The Kier molecular flexibility index (Phi) is 4.27. The monoisotopic (exact) mass is 303 g/mol. The van der Waals surface area contributed by atoms with Gasteiger partial charge >= 0.3 is 0 Å². The van der Waals surface area contributed by atoms with Gasteiger partial charge in [0, 0.05) is 17.1 Å². The van der Waals surface area contributed by atoms with Gasteiger partial charge in [0.15, 0.2) is 0 Å². The van der Waals surface area contributed by atoms with Gasteiger partial charge in [0.25, 0.3) is 0 Å². The first kappa shape index (κ1) is 14.6. The summed E-state index contributed by atoms with van der Waals surface area (Å²) in [6.07, 6.45) is 2.00. The van der Waals surface area contributed by atoms with Crippen LogP contribution in [-0.4, -0.2) is 6.04 Å². The van der Waals surface area contributed by atoms with Gasteiger partial charge in [0.05, 0.1) is 0 Å². The molecule has 1 aliphatic rings. The molecule has 2 aromatic rings. The molecular weight excluding hydrogens is 285 g/mol. The Balaban J connectivity index is 1.55. The summed E-state index contributed by atoms with van der Waals surface area (Å²) in [5.41, 5.74) is 2.09. The Hall–Kier alpha value is -1.38. The molecule has 0 saturated heterocycles. The van der Waals surface area contributed by atoms with Crippen molar-refractivity contribution in [1.82, 2.24) is 5.32 Å². The minimum atomic E-state index is -0.0771. The maximum absolute atomic E-state index is 13.7. The van der Waals surface area contributed by atoms with Crippen molar-refractivity contribution in [2.24, 2.45) is 0 Å². The zero-order valence-electron chi connectivity index (χ0n) is 12.0. The average molecular weight is 304 g/mol. The second-order valence-electron chi connectivity index (χ2n) is 5.83. The highest BCUT2D eigenvalue weighted by atomic mass is 35.5. The molecule has 0 radical (unpaired) electrons. The second-order valence-corrected chi connectivity index (χ2v) is 6.26. The number of benzene rings is 2. The lowest BCUT2D eigenvalue weighted by Gasteiger charge is -2.38. The minimum Gasteiger partial charge on any atom is -0.307 e. The summed E-state index contributed by atoms with van der Waals surface area (Å²) in [5.74, 6) is 0.271. The summed E-state index contributed by atoms with van der Waals surface area (Å²) in [5, 5.41) is 4.36. The van der Waals surface area contributed by atoms with Gasteiger partial charge in [-0.05, 0) is 55.0 Å². The van der Waals surface area contributed by atoms with Crippen LogP contribution in [0.2, 0.25) is 5.02 Å². The fraction of sp³-hybridized carbons (Fsp3) is 0.333. The summed E-state index contributed by atoms with van der Waals surface area (Å²) in [6, 6.07) is 15.8. The van der Waals surface area contributed by atoms with Gasteiger partial charge in [-0.15, -0.1) is 0 Å². The van der Waals surface area contributed by atoms with Crippen molar-refractivity contribution < 1.29 is 4.39 Å². The van der Waals surface area contributed by atoms with E-state index in [1.54, 1.807) is 12.1 Å². The van der Waals surface area contributed by atoms with E-state index < -0.39 is 0 Å². The molecule has 1 aliphatic carbocycles. The van der Waals surface area contributed by atoms with Crippen LogP contribution in [0.25, 0.3) is 0 Å². The summed E-state index contributed by atoms with van der Waals surface area (Å²) in [7, 11) is 0. The highest BCUT2D eigenvalue weighted by Gasteiger charge is 2.32. The predicted molar refractivity (Wildman–Crippen MR) is 85.2 cm³/mol. The van der Waals surface area contributed by atoms with E-state index in [1.807, 2.05) is 36.4 Å². The van der Waals surface area contributed by atoms with Crippen LogP contribution in [0.15, 0.2) is 48.5 Å². The molecule has 0 unspecified atom stereocenters. The lowest BCUT2D eigenvalue weighted by atomic mass is 9.75. The Morgan fingerprint density at radius 1 is 1.10 bits per heavy atom. The van der Waals surface area contributed by atoms with Crippen molar-refractivity contribution in [3.63, 3.8) is 0 Å². The van der Waals surface area contributed by atoms with E-state index in [4.69, 9.17) is 11.6 Å². The Labute approximate surface area is 130 Å². The molecule has 0 aromatic heterocycles. The van der Waals surface area contributed by atoms with Crippen molar-refractivity contribution >= 4 is 11.6 Å². The first-order valence-corrected chi connectivity index (χ1v) is 7.77. The first-order chi connectivity index (χ1) is 10.1. The molecule has 1 fully saturated rings. The third kappa shape index (κ3) is 3.28. The summed E-state index contributed by atoms with van der Waals surface area (Å²) < 4.78 is 13.7. The average Bonchev–Trinajstić information content (AvgIpc) is 2.44. The van der Waals surface area contributed by atoms with Crippen molar-refractivity contribution in [1.29, 1.82) is 0 Å². The van der Waals surface area contributed by atoms with Crippen molar-refractivity contribution in [2.75, 3.05) is 0 Å². The normalized spacial score (nSPS) is 22.6. The fourth-order valence-electron chi connectivity index (χ4n) is 3.02. The topological polar surface area (TPSA) is 12.0 Å². The number of rotatable bonds is 4. The van der Waals surface area contributed by atoms with E-state index in [-0.39, 0.29) is 11.9 Å². The van der Waals surface area contributed by atoms with Gasteiger partial charge < -0.3 is 5.32 Å². The Morgan fingerprint density at radius 2 is 1.76 bits per heavy atom. The number of hydrogen-bond acceptors (Lipinski definition) is 1. The Morgan fingerprint density at radius 3 is 2.43 bits per heavy atom. The van der Waals surface area contributed by atoms with E-state index in [0.29, 0.717) is 12.0 Å². The summed E-state index contributed by atoms with van der Waals surface area (Å²) in [4.78, 5) is 0. The summed E-state index contributed by atoms with van der Waals surface area (Å²) >= 11 is 5.91. The van der Waals surface area contributed by atoms with Crippen LogP contribution < -0.4 is 5.32 Å². The molecule has 1 saturated carbocycles. The van der Waals surface area contributed by atoms with Gasteiger partial charge in [-0.1, -0.05) is 41.9 Å². The second kappa shape index (κ2) is 6.17. The molecule has 2 aromatic carbocycles. The molecular formula is C18H19ClFN. The van der Waals surface area contributed by atoms with Gasteiger partial charge in [-0.3, -0.25) is 0 Å². The van der Waals surface area contributed by atoms with Crippen LogP contribution in [0.3, 0.4) is 0 Å². The van der Waals surface area contributed by atoms with Crippen LogP contribution in [-0.2, 0) is 0 Å². The van der Waals surface area contributed by atoms with Crippen molar-refractivity contribution in [2.45, 2.75) is 37.8 Å². The van der Waals surface area contributed by atoms with Gasteiger partial charge in [-0.25, -0.2) is 4.39 Å². The van der Waals surface area contributed by atoms with Crippen LogP contribution >= 0.6 is 11.6 Å². The maximum atomic E-state index is 13.7. The molecule has 1 N–H and O–H groups in total. The van der Waals surface area contributed by atoms with E-state index in [0.717, 1.165) is 23.4 Å². The van der Waals surface area contributed by atoms with E-state index in [2.05, 4.69) is 12.2 Å². The third-order valence-corrected chi connectivity index (χ3v) is 4.59. The molecule has 1 atom stereocenters. The number of nitrogens with one attached hydrogen (secondary N) is 1. The zero-order valence-corrected chi connectivity index (χ0v) is 12.8. The highest BCUT2D eigenvalue weighted by Crippen LogP contribution is 2.38. The summed E-state index contributed by atoms with van der Waals surface area (Å²) in [6.45, 7) is 2.15. The lowest BCUT2D eigenvalue weighted by molar-refractivity contribution is 0.266. The smallest absolute Gasteiger partial charge is 0.126 e. The molecule has 0 amide bonds. The molecule has 1 nitrogen and oxygen atoms in total. The van der Waals surface area contributed by atoms with Crippen LogP contribution in [0.5, 0.6) is 0 Å². The number of hydrogen-bond donors (Lipinski definition) is 1. The SMILES string of the molecule is C[C@@H](NC1CC(c2ccccc2F)C1)c1ccc(Cl)cc1. The fourth-order valence-corrected chi connectivity index (χ4v) is 3.14. The van der Waals surface area contributed by atoms with Crippen molar-refractivity contribution in [3.8, 4) is 0 Å². The maximum Gasteiger partial charge on any atom is 0.126 e. The quantitative estimate of drug-likeness (QED) is 0.831. The van der Waals surface area contributed by atoms with Gasteiger partial charge in [-0.2, -0.15) is 0 Å². The molecule has 0 bridgehead atoms. The van der Waals surface area contributed by atoms with Crippen LogP contribution in [0, 0.1) is 5.82 Å². The molecule has 3 heteroatoms. The third-order valence-electron chi connectivity index (χ3n) is 4.34. The molecule has 0 heterocycles. The highest BCUT2D eigenvalue weighted by molar-refractivity contribution is 6.30.